The number of alkyl halides is 6. The number of nitrogens with zero attached hydrogens (tertiary/aromatic N) is 2. The van der Waals surface area contributed by atoms with Gasteiger partial charge in [0.2, 0.25) is 5.82 Å². The molecule has 0 spiro atoms. The summed E-state index contributed by atoms with van der Waals surface area (Å²) in [7, 11) is -4.12. The highest BCUT2D eigenvalue weighted by molar-refractivity contribution is 7.92. The van der Waals surface area contributed by atoms with Crippen molar-refractivity contribution in [1.29, 1.82) is 0 Å². The van der Waals surface area contributed by atoms with E-state index in [0.717, 1.165) is 30.6 Å². The molecule has 12 heteroatoms. The van der Waals surface area contributed by atoms with E-state index in [1.165, 1.54) is 0 Å². The first-order chi connectivity index (χ1) is 13.4. The Labute approximate surface area is 161 Å². The van der Waals surface area contributed by atoms with Gasteiger partial charge in [-0.2, -0.15) is 26.3 Å². The standard InChI is InChI=1S/C17H14F6N2O3S/c18-16(19,20)11-2-1-3-12(6-11)29(26,27)13-4-5-28-14(7-13)10-8-24-15(25-9-10)17(21,22)23/h1-3,6,8-9,13-14H,4-5,7H2. The molecule has 5 nitrogen and oxygen atoms in total. The summed E-state index contributed by atoms with van der Waals surface area (Å²) >= 11 is 0. The number of hydrogen-bond donors (Lipinski definition) is 0. The summed E-state index contributed by atoms with van der Waals surface area (Å²) in [6.07, 6.45) is -8.61. The lowest BCUT2D eigenvalue weighted by molar-refractivity contribution is -0.145. The van der Waals surface area contributed by atoms with Crippen molar-refractivity contribution in [2.24, 2.45) is 0 Å². The molecule has 2 aromatic rings. The van der Waals surface area contributed by atoms with E-state index in [0.29, 0.717) is 6.07 Å². The van der Waals surface area contributed by atoms with Gasteiger partial charge in [-0.25, -0.2) is 18.4 Å². The molecular weight excluding hydrogens is 426 g/mol. The van der Waals surface area contributed by atoms with Gasteiger partial charge in [-0.3, -0.25) is 0 Å². The van der Waals surface area contributed by atoms with Crippen LogP contribution in [-0.2, 0) is 26.9 Å². The molecule has 0 N–H and O–H groups in total. The Morgan fingerprint density at radius 1 is 1.00 bits per heavy atom. The van der Waals surface area contributed by atoms with Crippen molar-refractivity contribution in [3.63, 3.8) is 0 Å². The molecule has 2 unspecified atom stereocenters. The minimum Gasteiger partial charge on any atom is -0.373 e. The van der Waals surface area contributed by atoms with Crippen molar-refractivity contribution in [3.8, 4) is 0 Å². The van der Waals surface area contributed by atoms with Crippen LogP contribution in [0.15, 0.2) is 41.6 Å². The smallest absolute Gasteiger partial charge is 0.373 e. The molecule has 1 aliphatic rings. The highest BCUT2D eigenvalue weighted by Crippen LogP contribution is 2.36. The molecule has 1 aromatic heterocycles. The third kappa shape index (κ3) is 4.69. The van der Waals surface area contributed by atoms with Crippen LogP contribution in [-0.4, -0.2) is 30.2 Å². The Balaban J connectivity index is 1.83. The minimum atomic E-state index is -4.72. The third-order valence-electron chi connectivity index (χ3n) is 4.46. The van der Waals surface area contributed by atoms with Crippen molar-refractivity contribution < 1.29 is 39.5 Å². The average molecular weight is 440 g/mol. The van der Waals surface area contributed by atoms with E-state index < -0.39 is 49.8 Å². The molecule has 0 aliphatic carbocycles. The van der Waals surface area contributed by atoms with Crippen molar-refractivity contribution in [2.45, 2.75) is 41.4 Å². The Morgan fingerprint density at radius 3 is 2.24 bits per heavy atom. The van der Waals surface area contributed by atoms with Gasteiger partial charge >= 0.3 is 12.4 Å². The summed E-state index contributed by atoms with van der Waals surface area (Å²) in [5.41, 5.74) is -0.930. The lowest BCUT2D eigenvalue weighted by Gasteiger charge is -2.29. The monoisotopic (exact) mass is 440 g/mol. The second-order valence-corrected chi connectivity index (χ2v) is 8.64. The molecule has 1 aliphatic heterocycles. The van der Waals surface area contributed by atoms with Crippen molar-refractivity contribution >= 4 is 9.84 Å². The maximum Gasteiger partial charge on any atom is 0.451 e. The van der Waals surface area contributed by atoms with Gasteiger partial charge in [0, 0.05) is 24.6 Å². The zero-order valence-electron chi connectivity index (χ0n) is 14.5. The largest absolute Gasteiger partial charge is 0.451 e. The van der Waals surface area contributed by atoms with Gasteiger partial charge in [0.15, 0.2) is 9.84 Å². The zero-order valence-corrected chi connectivity index (χ0v) is 15.4. The van der Waals surface area contributed by atoms with E-state index in [4.69, 9.17) is 4.74 Å². The average Bonchev–Trinajstić information content (AvgIpc) is 2.67. The summed E-state index contributed by atoms with van der Waals surface area (Å²) in [4.78, 5) is 5.97. The summed E-state index contributed by atoms with van der Waals surface area (Å²) in [6.45, 7) is -0.0332. The summed E-state index contributed by atoms with van der Waals surface area (Å²) < 4.78 is 107. The van der Waals surface area contributed by atoms with Gasteiger partial charge in [0.05, 0.1) is 21.8 Å². The van der Waals surface area contributed by atoms with Crippen LogP contribution < -0.4 is 0 Å². The maximum absolute atomic E-state index is 12.9. The van der Waals surface area contributed by atoms with E-state index in [9.17, 15) is 34.8 Å². The van der Waals surface area contributed by atoms with Crippen LogP contribution in [0.5, 0.6) is 0 Å². The quantitative estimate of drug-likeness (QED) is 0.669. The molecule has 0 amide bonds. The van der Waals surface area contributed by atoms with Crippen molar-refractivity contribution in [1.82, 2.24) is 9.97 Å². The number of halogens is 6. The van der Waals surface area contributed by atoms with Crippen LogP contribution in [0.25, 0.3) is 0 Å². The van der Waals surface area contributed by atoms with E-state index >= 15 is 0 Å². The Hall–Kier alpha value is -2.21. The molecular formula is C17H14F6N2O3S. The lowest BCUT2D eigenvalue weighted by Crippen LogP contribution is -2.31. The Bertz CT molecular complexity index is 974. The van der Waals surface area contributed by atoms with E-state index in [2.05, 4.69) is 9.97 Å². The topological polar surface area (TPSA) is 69.2 Å². The van der Waals surface area contributed by atoms with Gasteiger partial charge < -0.3 is 4.74 Å². The number of benzene rings is 1. The molecule has 0 radical (unpaired) electrons. The van der Waals surface area contributed by atoms with E-state index in [1.807, 2.05) is 0 Å². The molecule has 2 heterocycles. The Kier molecular flexibility index (Phi) is 5.60. The predicted molar refractivity (Wildman–Crippen MR) is 87.4 cm³/mol. The van der Waals surface area contributed by atoms with Gasteiger partial charge in [0.25, 0.3) is 0 Å². The molecule has 29 heavy (non-hydrogen) atoms. The van der Waals surface area contributed by atoms with Crippen LogP contribution in [0.4, 0.5) is 26.3 Å². The second kappa shape index (κ2) is 7.56. The summed E-state index contributed by atoms with van der Waals surface area (Å²) in [5.74, 6) is -1.34. The SMILES string of the molecule is O=S(=O)(c1cccc(C(F)(F)F)c1)C1CCOC(c2cnc(C(F)(F)F)nc2)C1. The maximum atomic E-state index is 12.9. The van der Waals surface area contributed by atoms with Gasteiger partial charge in [-0.05, 0) is 31.0 Å². The molecule has 0 bridgehead atoms. The summed E-state index contributed by atoms with van der Waals surface area (Å²) in [5, 5.41) is -1.06. The molecule has 0 saturated carbocycles. The molecule has 1 aromatic carbocycles. The number of rotatable bonds is 3. The lowest BCUT2D eigenvalue weighted by atomic mass is 10.0. The van der Waals surface area contributed by atoms with Gasteiger partial charge in [-0.15, -0.1) is 0 Å². The number of ether oxygens (including phenoxy) is 1. The second-order valence-electron chi connectivity index (χ2n) is 6.41. The van der Waals surface area contributed by atoms with Gasteiger partial charge in [0.1, 0.15) is 0 Å². The predicted octanol–water partition coefficient (Wildman–Crippen LogP) is 4.21. The van der Waals surface area contributed by atoms with Crippen LogP contribution >= 0.6 is 0 Å². The highest BCUT2D eigenvalue weighted by Gasteiger charge is 2.38. The first-order valence-corrected chi connectivity index (χ1v) is 9.85. The van der Waals surface area contributed by atoms with Gasteiger partial charge in [-0.1, -0.05) is 6.07 Å². The zero-order chi connectivity index (χ0) is 21.4. The summed E-state index contributed by atoms with van der Waals surface area (Å²) in [6, 6.07) is 3.43. The van der Waals surface area contributed by atoms with Crippen LogP contribution in [0, 0.1) is 0 Å². The fraction of sp³-hybridized carbons (Fsp3) is 0.412. The van der Waals surface area contributed by atoms with Crippen LogP contribution in [0.1, 0.15) is 35.9 Å². The van der Waals surface area contributed by atoms with E-state index in [-0.39, 0.29) is 25.0 Å². The number of sulfone groups is 1. The van der Waals surface area contributed by atoms with Crippen molar-refractivity contribution in [3.05, 3.63) is 53.6 Å². The number of hydrogen-bond acceptors (Lipinski definition) is 5. The Morgan fingerprint density at radius 2 is 1.66 bits per heavy atom. The first kappa shape index (κ1) is 21.5. The number of aromatic nitrogens is 2. The first-order valence-electron chi connectivity index (χ1n) is 8.31. The molecule has 1 fully saturated rings. The van der Waals surface area contributed by atoms with E-state index in [1.54, 1.807) is 0 Å². The van der Waals surface area contributed by atoms with Crippen LogP contribution in [0.3, 0.4) is 0 Å². The fourth-order valence-corrected chi connectivity index (χ4v) is 4.75. The molecule has 3 rings (SSSR count). The molecule has 2 atom stereocenters. The van der Waals surface area contributed by atoms with Crippen molar-refractivity contribution in [2.75, 3.05) is 6.61 Å². The minimum absolute atomic E-state index is 0.0332. The highest BCUT2D eigenvalue weighted by atomic mass is 32.2. The third-order valence-corrected chi connectivity index (χ3v) is 6.68. The fourth-order valence-electron chi connectivity index (χ4n) is 2.97. The van der Waals surface area contributed by atoms with Crippen LogP contribution in [0.2, 0.25) is 0 Å². The normalized spacial score (nSPS) is 21.2. The molecule has 1 saturated heterocycles. The molecule has 158 valence electrons.